The minimum absolute atomic E-state index is 0.000267. The largest absolute Gasteiger partial charge is 0.392 e. The van der Waals surface area contributed by atoms with Crippen LogP contribution in [0.3, 0.4) is 0 Å². The first-order valence-corrected chi connectivity index (χ1v) is 15.5. The average molecular weight is 644 g/mol. The van der Waals surface area contributed by atoms with E-state index in [-0.39, 0.29) is 25.4 Å². The highest BCUT2D eigenvalue weighted by Crippen LogP contribution is 2.39. The van der Waals surface area contributed by atoms with Crippen molar-refractivity contribution < 1.29 is 19.4 Å². The maximum Gasteiger partial charge on any atom is 0.272 e. The number of halogens is 3. The van der Waals surface area contributed by atoms with E-state index in [4.69, 9.17) is 44.3 Å². The minimum atomic E-state index is -2.01. The molecular formula is C32H29Cl3N2O4S. The van der Waals surface area contributed by atoms with Crippen molar-refractivity contribution in [3.63, 3.8) is 0 Å². The van der Waals surface area contributed by atoms with Crippen LogP contribution in [0.1, 0.15) is 41.1 Å². The van der Waals surface area contributed by atoms with Gasteiger partial charge in [-0.3, -0.25) is 4.79 Å². The van der Waals surface area contributed by atoms with Crippen LogP contribution in [-0.2, 0) is 27.4 Å². The first-order chi connectivity index (χ1) is 20.3. The number of carbonyl (C=O) groups excluding carboxylic acids is 1. The Balaban J connectivity index is 1.31. The van der Waals surface area contributed by atoms with E-state index in [0.717, 1.165) is 44.2 Å². The van der Waals surface area contributed by atoms with E-state index in [1.54, 1.807) is 18.0 Å². The number of hydrogen-bond donors (Lipinski definition) is 2. The lowest BCUT2D eigenvalue weighted by molar-refractivity contribution is -0.245. The molecular weight excluding hydrogens is 615 g/mol. The molecule has 1 fully saturated rings. The number of amides is 1. The number of alkyl halides is 3. The molecule has 5 rings (SSSR count). The zero-order valence-electron chi connectivity index (χ0n) is 22.5. The van der Waals surface area contributed by atoms with Crippen LogP contribution in [0.2, 0.25) is 0 Å². The van der Waals surface area contributed by atoms with Gasteiger partial charge in [-0.25, -0.2) is 4.98 Å². The lowest BCUT2D eigenvalue weighted by Gasteiger charge is -2.36. The predicted octanol–water partition coefficient (Wildman–Crippen LogP) is 7.57. The van der Waals surface area contributed by atoms with Gasteiger partial charge in [-0.1, -0.05) is 108 Å². The molecule has 42 heavy (non-hydrogen) atoms. The van der Waals surface area contributed by atoms with Gasteiger partial charge in [-0.2, -0.15) is 0 Å². The first-order valence-electron chi connectivity index (χ1n) is 13.4. The summed E-state index contributed by atoms with van der Waals surface area (Å²) >= 11 is 18.6. The fourth-order valence-corrected chi connectivity index (χ4v) is 5.69. The number of aromatic nitrogens is 1. The van der Waals surface area contributed by atoms with Gasteiger partial charge >= 0.3 is 0 Å². The van der Waals surface area contributed by atoms with Gasteiger partial charge in [-0.05, 0) is 46.0 Å². The summed E-state index contributed by atoms with van der Waals surface area (Å²) in [6, 6.07) is 29.6. The molecule has 10 heteroatoms. The number of pyridine rings is 1. The molecule has 0 aliphatic carbocycles. The topological polar surface area (TPSA) is 80.7 Å². The lowest BCUT2D eigenvalue weighted by atomic mass is 9.99. The van der Waals surface area contributed by atoms with Crippen molar-refractivity contribution in [3.05, 3.63) is 119 Å². The van der Waals surface area contributed by atoms with Crippen molar-refractivity contribution in [2.75, 3.05) is 5.75 Å². The van der Waals surface area contributed by atoms with Gasteiger partial charge in [0.1, 0.15) is 0 Å². The van der Waals surface area contributed by atoms with E-state index < -0.39 is 16.0 Å². The van der Waals surface area contributed by atoms with Crippen LogP contribution in [0.15, 0.2) is 102 Å². The second-order valence-electron chi connectivity index (χ2n) is 9.83. The monoisotopic (exact) mass is 642 g/mol. The van der Waals surface area contributed by atoms with E-state index in [9.17, 15) is 9.90 Å². The molecule has 1 aliphatic rings. The Morgan fingerprint density at radius 3 is 2.36 bits per heavy atom. The van der Waals surface area contributed by atoms with Crippen molar-refractivity contribution in [3.8, 4) is 11.1 Å². The molecule has 2 N–H and O–H groups in total. The van der Waals surface area contributed by atoms with Crippen molar-refractivity contribution in [2.45, 2.75) is 46.9 Å². The van der Waals surface area contributed by atoms with Crippen molar-refractivity contribution in [1.29, 1.82) is 0 Å². The summed E-state index contributed by atoms with van der Waals surface area (Å²) in [5.74, 6) is 0.0658. The van der Waals surface area contributed by atoms with Crippen LogP contribution in [0, 0.1) is 0 Å². The highest BCUT2D eigenvalue weighted by atomic mass is 35.6. The maximum atomic E-state index is 11.9. The summed E-state index contributed by atoms with van der Waals surface area (Å²) in [7, 11) is 0. The van der Waals surface area contributed by atoms with Crippen LogP contribution in [-0.4, -0.2) is 31.6 Å². The molecule has 3 aromatic carbocycles. The van der Waals surface area contributed by atoms with Gasteiger partial charge in [0.05, 0.1) is 23.8 Å². The third-order valence-electron chi connectivity index (χ3n) is 6.82. The van der Waals surface area contributed by atoms with E-state index in [2.05, 4.69) is 10.3 Å². The SMILES string of the molecule is O=C(NCc1cccc(-c2ccc([C@H]3O[C@@H](CSc4ccccn4)C[C@@H](c4ccc(CO)cc4)O3)cc2)c1)C(Cl)(Cl)Cl. The van der Waals surface area contributed by atoms with Crippen LogP contribution in [0.25, 0.3) is 11.1 Å². The molecule has 0 radical (unpaired) electrons. The first kappa shape index (κ1) is 30.8. The predicted molar refractivity (Wildman–Crippen MR) is 167 cm³/mol. The normalized spacial score (nSPS) is 18.9. The van der Waals surface area contributed by atoms with E-state index in [1.165, 1.54) is 0 Å². The third-order valence-corrected chi connectivity index (χ3v) is 8.41. The van der Waals surface area contributed by atoms with Gasteiger partial charge in [0.25, 0.3) is 9.70 Å². The van der Waals surface area contributed by atoms with Crippen molar-refractivity contribution >= 4 is 52.5 Å². The van der Waals surface area contributed by atoms with Gasteiger partial charge in [0.2, 0.25) is 0 Å². The number of benzene rings is 3. The fourth-order valence-electron chi connectivity index (χ4n) is 4.61. The number of carbonyl (C=O) groups is 1. The molecule has 0 unspecified atom stereocenters. The molecule has 0 bridgehead atoms. The summed E-state index contributed by atoms with van der Waals surface area (Å²) in [5.41, 5.74) is 5.68. The van der Waals surface area contributed by atoms with E-state index in [1.807, 2.05) is 91.0 Å². The molecule has 1 aliphatic heterocycles. The zero-order valence-corrected chi connectivity index (χ0v) is 25.5. The number of ether oxygens (including phenoxy) is 2. The summed E-state index contributed by atoms with van der Waals surface area (Å²) in [6.07, 6.45) is 1.73. The average Bonchev–Trinajstić information content (AvgIpc) is 3.03. The van der Waals surface area contributed by atoms with E-state index >= 15 is 0 Å². The van der Waals surface area contributed by atoms with Crippen LogP contribution < -0.4 is 5.32 Å². The van der Waals surface area contributed by atoms with Crippen molar-refractivity contribution in [2.24, 2.45) is 0 Å². The summed E-state index contributed by atoms with van der Waals surface area (Å²) in [5, 5.41) is 13.0. The maximum absolute atomic E-state index is 11.9. The molecule has 1 saturated heterocycles. The fraction of sp³-hybridized carbons (Fsp3) is 0.250. The Morgan fingerprint density at radius 2 is 1.67 bits per heavy atom. The van der Waals surface area contributed by atoms with Crippen LogP contribution >= 0.6 is 46.6 Å². The van der Waals surface area contributed by atoms with E-state index in [0.29, 0.717) is 6.42 Å². The zero-order chi connectivity index (χ0) is 29.5. The number of nitrogens with zero attached hydrogens (tertiary/aromatic N) is 1. The Morgan fingerprint density at radius 1 is 0.905 bits per heavy atom. The number of aliphatic hydroxyl groups excluding tert-OH is 1. The van der Waals surface area contributed by atoms with Gasteiger partial charge in [-0.15, -0.1) is 11.8 Å². The number of aliphatic hydroxyl groups is 1. The molecule has 1 aromatic heterocycles. The molecule has 218 valence electrons. The molecule has 0 spiro atoms. The van der Waals surface area contributed by atoms with Crippen molar-refractivity contribution in [1.82, 2.24) is 10.3 Å². The number of thioether (sulfide) groups is 1. The standard InChI is InChI=1S/C32H29Cl3N2O4S/c33-32(34,35)31(39)37-18-22-4-3-5-26(16-22)23-11-13-25(14-12-23)30-40-27(20-42-29-6-1-2-15-36-29)17-28(41-30)24-9-7-21(19-38)8-10-24/h1-16,27-28,30,38H,17-20H2,(H,37,39)/t27-,28+,30+/m1/s1. The Bertz CT molecular complexity index is 1470. The smallest absolute Gasteiger partial charge is 0.272 e. The molecule has 4 aromatic rings. The second-order valence-corrected chi connectivity index (χ2v) is 13.2. The highest BCUT2D eigenvalue weighted by Gasteiger charge is 2.32. The third kappa shape index (κ3) is 8.26. The Kier molecular flexibility index (Phi) is 10.4. The minimum Gasteiger partial charge on any atom is -0.392 e. The molecule has 3 atom stereocenters. The second kappa shape index (κ2) is 14.2. The Hall–Kier alpha value is -2.62. The van der Waals surface area contributed by atoms with Gasteiger partial charge in [0, 0.05) is 30.5 Å². The van der Waals surface area contributed by atoms with Gasteiger partial charge < -0.3 is 19.9 Å². The highest BCUT2D eigenvalue weighted by molar-refractivity contribution is 7.99. The number of hydrogen-bond acceptors (Lipinski definition) is 6. The summed E-state index contributed by atoms with van der Waals surface area (Å²) in [4.78, 5) is 16.3. The van der Waals surface area contributed by atoms with Crippen LogP contribution in [0.4, 0.5) is 0 Å². The quantitative estimate of drug-likeness (QED) is 0.145. The molecule has 0 saturated carbocycles. The molecule has 1 amide bonds. The Labute approximate surface area is 264 Å². The lowest BCUT2D eigenvalue weighted by Crippen LogP contribution is -2.33. The summed E-state index contributed by atoms with van der Waals surface area (Å²) < 4.78 is 10.9. The van der Waals surface area contributed by atoms with Crippen LogP contribution in [0.5, 0.6) is 0 Å². The molecule has 6 nitrogen and oxygen atoms in total. The number of nitrogens with one attached hydrogen (secondary N) is 1. The molecule has 2 heterocycles. The number of rotatable bonds is 9. The van der Waals surface area contributed by atoms with Gasteiger partial charge in [0.15, 0.2) is 6.29 Å². The summed E-state index contributed by atoms with van der Waals surface area (Å²) in [6.45, 7) is 0.237.